The Kier molecular flexibility index (Phi) is 4.37. The number of carboxylic acids is 1. The Morgan fingerprint density at radius 2 is 2.00 bits per heavy atom. The summed E-state index contributed by atoms with van der Waals surface area (Å²) >= 11 is 0. The lowest BCUT2D eigenvalue weighted by atomic mass is 10.2. The van der Waals surface area contributed by atoms with Gasteiger partial charge in [-0.3, -0.25) is 0 Å². The van der Waals surface area contributed by atoms with Gasteiger partial charge in [-0.2, -0.15) is 0 Å². The van der Waals surface area contributed by atoms with Crippen LogP contribution < -0.4 is 0 Å². The molecule has 0 saturated carbocycles. The molecule has 0 atom stereocenters. The molecule has 1 aromatic carbocycles. The number of fused-ring (bicyclic) bond motifs is 1. The molecule has 1 N–H and O–H groups in total. The number of aliphatic carboxylic acids is 1. The lowest BCUT2D eigenvalue weighted by molar-refractivity contribution is -0.131. The van der Waals surface area contributed by atoms with E-state index < -0.39 is 21.8 Å². The van der Waals surface area contributed by atoms with Crippen molar-refractivity contribution in [1.29, 1.82) is 0 Å². The Hall–Kier alpha value is -3.00. The van der Waals surface area contributed by atoms with Crippen LogP contribution >= 0.6 is 0 Å². The van der Waals surface area contributed by atoms with Crippen molar-refractivity contribution in [3.05, 3.63) is 71.8 Å². The third kappa shape index (κ3) is 3.58. The Labute approximate surface area is 142 Å². The van der Waals surface area contributed by atoms with E-state index in [0.29, 0.717) is 5.56 Å². The quantitative estimate of drug-likeness (QED) is 0.707. The van der Waals surface area contributed by atoms with Crippen LogP contribution in [0.25, 0.3) is 17.1 Å². The molecule has 0 fully saturated rings. The predicted molar refractivity (Wildman–Crippen MR) is 90.8 cm³/mol. The smallest absolute Gasteiger partial charge is 0.328 e. The number of hydrogen-bond donors (Lipinski definition) is 1. The van der Waals surface area contributed by atoms with Crippen LogP contribution in [0.1, 0.15) is 11.1 Å². The number of carboxylic acid groups (broad SMARTS) is 1. The first-order valence-electron chi connectivity index (χ1n) is 7.21. The van der Waals surface area contributed by atoms with Crippen molar-refractivity contribution >= 4 is 33.1 Å². The minimum absolute atomic E-state index is 0.0439. The summed E-state index contributed by atoms with van der Waals surface area (Å²) in [5.41, 5.74) is 0.887. The molecule has 0 bridgehead atoms. The summed E-state index contributed by atoms with van der Waals surface area (Å²) in [4.78, 5) is 14.6. The van der Waals surface area contributed by atoms with Gasteiger partial charge in [-0.1, -0.05) is 30.3 Å². The Balaban J connectivity index is 2.14. The SMILES string of the molecule is O=C(O)/C=C/c1cn(S(=O)(=O)Cc2ccccc2)c2ncc(F)cc12. The maximum absolute atomic E-state index is 13.5. The van der Waals surface area contributed by atoms with Crippen molar-refractivity contribution in [2.75, 3.05) is 0 Å². The van der Waals surface area contributed by atoms with E-state index >= 15 is 0 Å². The summed E-state index contributed by atoms with van der Waals surface area (Å²) in [7, 11) is -3.82. The molecule has 0 aliphatic rings. The van der Waals surface area contributed by atoms with Gasteiger partial charge < -0.3 is 5.11 Å². The highest BCUT2D eigenvalue weighted by Gasteiger charge is 2.20. The number of nitrogens with zero attached hydrogens (tertiary/aromatic N) is 2. The van der Waals surface area contributed by atoms with E-state index in [1.54, 1.807) is 30.3 Å². The van der Waals surface area contributed by atoms with E-state index in [4.69, 9.17) is 5.11 Å². The molecule has 0 saturated heterocycles. The van der Waals surface area contributed by atoms with Gasteiger partial charge in [0.2, 0.25) is 10.0 Å². The van der Waals surface area contributed by atoms with Gasteiger partial charge in [0, 0.05) is 23.2 Å². The first kappa shape index (κ1) is 16.8. The highest BCUT2D eigenvalue weighted by Crippen LogP contribution is 2.24. The molecule has 8 heteroatoms. The molecule has 3 aromatic rings. The van der Waals surface area contributed by atoms with E-state index in [-0.39, 0.29) is 22.3 Å². The van der Waals surface area contributed by atoms with Gasteiger partial charge in [0.25, 0.3) is 0 Å². The van der Waals surface area contributed by atoms with Crippen LogP contribution in [-0.4, -0.2) is 28.5 Å². The second-order valence-corrected chi connectivity index (χ2v) is 7.16. The lowest BCUT2D eigenvalue weighted by Crippen LogP contribution is -2.14. The summed E-state index contributed by atoms with van der Waals surface area (Å²) < 4.78 is 39.9. The summed E-state index contributed by atoms with van der Waals surface area (Å²) in [6.45, 7) is 0. The second-order valence-electron chi connectivity index (χ2n) is 5.32. The van der Waals surface area contributed by atoms with Crippen molar-refractivity contribution < 1.29 is 22.7 Å². The minimum atomic E-state index is -3.82. The Morgan fingerprint density at radius 1 is 1.28 bits per heavy atom. The average molecular weight is 360 g/mol. The Bertz CT molecular complexity index is 1070. The van der Waals surface area contributed by atoms with E-state index in [2.05, 4.69) is 4.98 Å². The fourth-order valence-corrected chi connectivity index (χ4v) is 3.87. The van der Waals surface area contributed by atoms with Crippen molar-refractivity contribution in [3.63, 3.8) is 0 Å². The van der Waals surface area contributed by atoms with Gasteiger partial charge in [-0.05, 0) is 17.7 Å². The molecule has 0 unspecified atom stereocenters. The zero-order valence-electron chi connectivity index (χ0n) is 12.8. The molecule has 3 rings (SSSR count). The molecular formula is C17H13FN2O4S. The predicted octanol–water partition coefficient (Wildman–Crippen LogP) is 2.65. The molecule has 6 nitrogen and oxygen atoms in total. The van der Waals surface area contributed by atoms with Crippen molar-refractivity contribution in [3.8, 4) is 0 Å². The largest absolute Gasteiger partial charge is 0.478 e. The molecule has 2 aromatic heterocycles. The van der Waals surface area contributed by atoms with Gasteiger partial charge in [-0.15, -0.1) is 0 Å². The number of aromatic nitrogens is 2. The molecule has 0 radical (unpaired) electrons. The van der Waals surface area contributed by atoms with E-state index in [1.165, 1.54) is 12.3 Å². The van der Waals surface area contributed by atoms with Crippen LogP contribution in [-0.2, 0) is 20.6 Å². The normalized spacial score (nSPS) is 12.0. The number of pyridine rings is 1. The average Bonchev–Trinajstić information content (AvgIpc) is 2.92. The maximum Gasteiger partial charge on any atom is 0.328 e. The molecule has 128 valence electrons. The summed E-state index contributed by atoms with van der Waals surface area (Å²) in [5, 5.41) is 8.98. The van der Waals surface area contributed by atoms with Crippen molar-refractivity contribution in [2.24, 2.45) is 0 Å². The first-order chi connectivity index (χ1) is 11.9. The van der Waals surface area contributed by atoms with Crippen LogP contribution in [0, 0.1) is 5.82 Å². The van der Waals surface area contributed by atoms with Gasteiger partial charge in [0.1, 0.15) is 5.82 Å². The standard InChI is InChI=1S/C17H13FN2O4S/c18-14-8-15-13(6-7-16(21)22)10-20(17(15)19-9-14)25(23,24)11-12-4-2-1-3-5-12/h1-10H,11H2,(H,21,22)/b7-6+. The van der Waals surface area contributed by atoms with Gasteiger partial charge in [-0.25, -0.2) is 26.6 Å². The number of hydrogen-bond acceptors (Lipinski definition) is 4. The molecular weight excluding hydrogens is 347 g/mol. The molecule has 0 aliphatic carbocycles. The molecule has 0 amide bonds. The van der Waals surface area contributed by atoms with E-state index in [1.807, 2.05) is 0 Å². The fraction of sp³-hybridized carbons (Fsp3) is 0.0588. The first-order valence-corrected chi connectivity index (χ1v) is 8.82. The summed E-state index contributed by atoms with van der Waals surface area (Å²) in [5.74, 6) is -2.10. The van der Waals surface area contributed by atoms with E-state index in [9.17, 15) is 17.6 Å². The third-order valence-electron chi connectivity index (χ3n) is 3.51. The highest BCUT2D eigenvalue weighted by molar-refractivity contribution is 7.89. The van der Waals surface area contributed by atoms with Crippen molar-refractivity contribution in [2.45, 2.75) is 5.75 Å². The molecule has 2 heterocycles. The molecule has 25 heavy (non-hydrogen) atoms. The van der Waals surface area contributed by atoms with E-state index in [0.717, 1.165) is 22.3 Å². The number of halogens is 1. The fourth-order valence-electron chi connectivity index (χ4n) is 2.44. The van der Waals surface area contributed by atoms with Gasteiger partial charge in [0.15, 0.2) is 5.65 Å². The van der Waals surface area contributed by atoms with Gasteiger partial charge in [0.05, 0.1) is 11.9 Å². The number of benzene rings is 1. The zero-order valence-corrected chi connectivity index (χ0v) is 13.6. The summed E-state index contributed by atoms with van der Waals surface area (Å²) in [6.07, 6.45) is 4.23. The monoisotopic (exact) mass is 360 g/mol. The van der Waals surface area contributed by atoms with Crippen LogP contribution in [0.15, 0.2) is 54.9 Å². The maximum atomic E-state index is 13.5. The van der Waals surface area contributed by atoms with Crippen LogP contribution in [0.2, 0.25) is 0 Å². The molecule has 0 aliphatic heterocycles. The topological polar surface area (TPSA) is 89.3 Å². The Morgan fingerprint density at radius 3 is 2.68 bits per heavy atom. The van der Waals surface area contributed by atoms with Crippen LogP contribution in [0.5, 0.6) is 0 Å². The number of carbonyl (C=O) groups is 1. The van der Waals surface area contributed by atoms with Crippen LogP contribution in [0.4, 0.5) is 4.39 Å². The summed E-state index contributed by atoms with van der Waals surface area (Å²) in [6, 6.07) is 9.72. The number of rotatable bonds is 5. The minimum Gasteiger partial charge on any atom is -0.478 e. The third-order valence-corrected chi connectivity index (χ3v) is 5.08. The van der Waals surface area contributed by atoms with Crippen molar-refractivity contribution in [1.82, 2.24) is 8.96 Å². The lowest BCUT2D eigenvalue weighted by Gasteiger charge is -2.06. The molecule has 0 spiro atoms. The second kappa shape index (κ2) is 6.48. The van der Waals surface area contributed by atoms with Gasteiger partial charge >= 0.3 is 5.97 Å². The highest BCUT2D eigenvalue weighted by atomic mass is 32.2. The zero-order chi connectivity index (χ0) is 18.0. The van der Waals surface area contributed by atoms with Crippen LogP contribution in [0.3, 0.4) is 0 Å².